The lowest BCUT2D eigenvalue weighted by atomic mass is 9.87. The molecule has 0 aliphatic carbocycles. The molecule has 2 amide bonds. The molecular weight excluding hydrogens is 438 g/mol. The van der Waals surface area contributed by atoms with Crippen molar-refractivity contribution in [2.45, 2.75) is 32.7 Å². The summed E-state index contributed by atoms with van der Waals surface area (Å²) in [7, 11) is 0. The van der Waals surface area contributed by atoms with Crippen molar-refractivity contribution in [3.63, 3.8) is 0 Å². The van der Waals surface area contributed by atoms with E-state index in [1.807, 2.05) is 60.8 Å². The molecule has 7 nitrogen and oxygen atoms in total. The normalized spacial score (nSPS) is 11.2. The van der Waals surface area contributed by atoms with Gasteiger partial charge < -0.3 is 10.6 Å². The molecule has 0 unspecified atom stereocenters. The fourth-order valence-corrected chi connectivity index (χ4v) is 3.65. The van der Waals surface area contributed by atoms with Gasteiger partial charge in [0, 0.05) is 41.8 Å². The summed E-state index contributed by atoms with van der Waals surface area (Å²) in [5, 5.41) is 10.3. The topological polar surface area (TPSA) is 88.9 Å². The zero-order valence-electron chi connectivity index (χ0n) is 20.2. The van der Waals surface area contributed by atoms with Gasteiger partial charge in [0.25, 0.3) is 5.91 Å². The molecule has 178 valence electrons. The third kappa shape index (κ3) is 6.00. The molecule has 7 heteroatoms. The zero-order chi connectivity index (χ0) is 24.8. The molecule has 0 saturated carbocycles. The van der Waals surface area contributed by atoms with E-state index in [9.17, 15) is 9.59 Å². The summed E-state index contributed by atoms with van der Waals surface area (Å²) < 4.78 is 1.79. The third-order valence-electron chi connectivity index (χ3n) is 5.66. The zero-order valence-corrected chi connectivity index (χ0v) is 20.2. The van der Waals surface area contributed by atoms with Crippen LogP contribution in [0.15, 0.2) is 85.3 Å². The van der Waals surface area contributed by atoms with E-state index in [0.717, 1.165) is 28.1 Å². The first kappa shape index (κ1) is 23.9. The smallest absolute Gasteiger partial charge is 0.251 e. The largest absolute Gasteiger partial charge is 0.350 e. The van der Waals surface area contributed by atoms with Crippen LogP contribution in [0, 0.1) is 0 Å². The number of benzene rings is 2. The molecular formula is C28H29N5O2. The predicted octanol–water partition coefficient (Wildman–Crippen LogP) is 4.28. The molecule has 2 heterocycles. The Balaban J connectivity index is 1.40. The molecule has 0 aliphatic rings. The fraction of sp³-hybridized carbons (Fsp3) is 0.214. The molecule has 0 bridgehead atoms. The minimum absolute atomic E-state index is 0.0122. The number of hydrogen-bond donors (Lipinski definition) is 2. The van der Waals surface area contributed by atoms with Gasteiger partial charge in [0.2, 0.25) is 5.91 Å². The number of amides is 2. The highest BCUT2D eigenvalue weighted by atomic mass is 16.2. The van der Waals surface area contributed by atoms with Crippen LogP contribution in [0.4, 0.5) is 0 Å². The van der Waals surface area contributed by atoms with E-state index in [0.29, 0.717) is 5.56 Å². The van der Waals surface area contributed by atoms with E-state index in [1.54, 1.807) is 29.2 Å². The Bertz CT molecular complexity index is 1290. The maximum absolute atomic E-state index is 12.5. The molecule has 0 radical (unpaired) electrons. The molecule has 0 spiro atoms. The van der Waals surface area contributed by atoms with Crippen LogP contribution in [0.1, 0.15) is 42.3 Å². The van der Waals surface area contributed by atoms with Crippen molar-refractivity contribution in [3.8, 4) is 16.9 Å². The van der Waals surface area contributed by atoms with Gasteiger partial charge in [0.15, 0.2) is 0 Å². The van der Waals surface area contributed by atoms with Gasteiger partial charge in [-0.05, 0) is 47.4 Å². The van der Waals surface area contributed by atoms with Gasteiger partial charge in [-0.3, -0.25) is 14.6 Å². The Morgan fingerprint density at radius 1 is 0.886 bits per heavy atom. The second-order valence-corrected chi connectivity index (χ2v) is 9.31. The predicted molar refractivity (Wildman–Crippen MR) is 136 cm³/mol. The number of hydrogen-bond acceptors (Lipinski definition) is 4. The minimum Gasteiger partial charge on any atom is -0.350 e. The van der Waals surface area contributed by atoms with Crippen molar-refractivity contribution in [1.82, 2.24) is 25.4 Å². The second-order valence-electron chi connectivity index (χ2n) is 9.31. The Morgan fingerprint density at radius 2 is 1.57 bits per heavy atom. The van der Waals surface area contributed by atoms with E-state index in [-0.39, 0.29) is 30.3 Å². The molecule has 2 N–H and O–H groups in total. The number of rotatable bonds is 7. The van der Waals surface area contributed by atoms with Gasteiger partial charge in [0.05, 0.1) is 17.9 Å². The first-order chi connectivity index (χ1) is 16.8. The first-order valence-corrected chi connectivity index (χ1v) is 11.5. The summed E-state index contributed by atoms with van der Waals surface area (Å²) in [4.78, 5) is 29.1. The van der Waals surface area contributed by atoms with Crippen LogP contribution >= 0.6 is 0 Å². The molecule has 0 aliphatic heterocycles. The average molecular weight is 468 g/mol. The Kier molecular flexibility index (Phi) is 7.06. The summed E-state index contributed by atoms with van der Waals surface area (Å²) in [5.74, 6) is -0.562. The van der Waals surface area contributed by atoms with E-state index < -0.39 is 0 Å². The van der Waals surface area contributed by atoms with E-state index in [2.05, 4.69) is 36.4 Å². The van der Waals surface area contributed by atoms with Gasteiger partial charge >= 0.3 is 0 Å². The van der Waals surface area contributed by atoms with Crippen molar-refractivity contribution in [2.24, 2.45) is 0 Å². The summed E-state index contributed by atoms with van der Waals surface area (Å²) in [6, 6.07) is 21.0. The van der Waals surface area contributed by atoms with Gasteiger partial charge in [-0.25, -0.2) is 4.68 Å². The van der Waals surface area contributed by atoms with Crippen molar-refractivity contribution >= 4 is 11.8 Å². The van der Waals surface area contributed by atoms with Crippen LogP contribution in [0.25, 0.3) is 16.9 Å². The number of para-hydroxylation sites is 1. The molecule has 0 atom stereocenters. The number of nitrogens with zero attached hydrogens (tertiary/aromatic N) is 3. The van der Waals surface area contributed by atoms with Crippen LogP contribution in [0.2, 0.25) is 0 Å². The number of pyridine rings is 1. The quantitative estimate of drug-likeness (QED) is 0.425. The summed E-state index contributed by atoms with van der Waals surface area (Å²) in [6.07, 6.45) is 5.33. The lowest BCUT2D eigenvalue weighted by molar-refractivity contribution is -0.120. The Morgan fingerprint density at radius 3 is 2.23 bits per heavy atom. The highest BCUT2D eigenvalue weighted by molar-refractivity contribution is 5.96. The molecule has 2 aromatic heterocycles. The maximum atomic E-state index is 12.5. The van der Waals surface area contributed by atoms with Crippen molar-refractivity contribution in [3.05, 3.63) is 102 Å². The number of carbonyl (C=O) groups excluding carboxylic acids is 2. The van der Waals surface area contributed by atoms with Crippen LogP contribution in [-0.2, 0) is 16.8 Å². The SMILES string of the molecule is CC(C)(C)c1ccc(C(=O)NCC(=O)NCc2cn(-c3ccccc3)nc2-c2ccncc2)cc1. The summed E-state index contributed by atoms with van der Waals surface area (Å²) >= 11 is 0. The molecule has 0 saturated heterocycles. The van der Waals surface area contributed by atoms with E-state index in [4.69, 9.17) is 5.10 Å². The molecule has 35 heavy (non-hydrogen) atoms. The minimum atomic E-state index is -0.282. The van der Waals surface area contributed by atoms with Crippen LogP contribution < -0.4 is 10.6 Å². The fourth-order valence-electron chi connectivity index (χ4n) is 3.65. The summed E-state index contributed by atoms with van der Waals surface area (Å²) in [5.41, 5.74) is 5.13. The van der Waals surface area contributed by atoms with Crippen LogP contribution in [0.5, 0.6) is 0 Å². The maximum Gasteiger partial charge on any atom is 0.251 e. The lowest BCUT2D eigenvalue weighted by Gasteiger charge is -2.19. The number of nitrogens with one attached hydrogen (secondary N) is 2. The van der Waals surface area contributed by atoms with Crippen molar-refractivity contribution < 1.29 is 9.59 Å². The average Bonchev–Trinajstić information content (AvgIpc) is 3.31. The Labute approximate surface area is 205 Å². The molecule has 4 aromatic rings. The van der Waals surface area contributed by atoms with Gasteiger partial charge in [-0.15, -0.1) is 0 Å². The molecule has 0 fully saturated rings. The standard InChI is InChI=1S/C28H29N5O2/c1-28(2,3)23-11-9-21(10-12-23)27(35)31-18-25(34)30-17-22-19-33(24-7-5-4-6-8-24)32-26(22)20-13-15-29-16-14-20/h4-16,19H,17-18H2,1-3H3,(H,30,34)(H,31,35). The van der Waals surface area contributed by atoms with Gasteiger partial charge in [0.1, 0.15) is 0 Å². The second kappa shape index (κ2) is 10.3. The highest BCUT2D eigenvalue weighted by Crippen LogP contribution is 2.24. The summed E-state index contributed by atoms with van der Waals surface area (Å²) in [6.45, 7) is 6.53. The monoisotopic (exact) mass is 467 g/mol. The van der Waals surface area contributed by atoms with Gasteiger partial charge in [-0.1, -0.05) is 51.1 Å². The van der Waals surface area contributed by atoms with Crippen LogP contribution in [-0.4, -0.2) is 33.1 Å². The molecule has 4 rings (SSSR count). The first-order valence-electron chi connectivity index (χ1n) is 11.5. The number of aromatic nitrogens is 3. The highest BCUT2D eigenvalue weighted by Gasteiger charge is 2.16. The third-order valence-corrected chi connectivity index (χ3v) is 5.66. The van der Waals surface area contributed by atoms with Crippen LogP contribution in [0.3, 0.4) is 0 Å². The van der Waals surface area contributed by atoms with E-state index in [1.165, 1.54) is 0 Å². The van der Waals surface area contributed by atoms with Crippen molar-refractivity contribution in [1.29, 1.82) is 0 Å². The van der Waals surface area contributed by atoms with E-state index >= 15 is 0 Å². The van der Waals surface area contributed by atoms with Gasteiger partial charge in [-0.2, -0.15) is 5.10 Å². The van der Waals surface area contributed by atoms with Crippen molar-refractivity contribution in [2.75, 3.05) is 6.54 Å². The Hall–Kier alpha value is -4.26. The molecule has 2 aromatic carbocycles. The number of carbonyl (C=O) groups is 2. The lowest BCUT2D eigenvalue weighted by Crippen LogP contribution is -2.36.